The minimum atomic E-state index is -1.48. The molecule has 4 aliphatic rings. The van der Waals surface area contributed by atoms with Gasteiger partial charge in [0.25, 0.3) is 0 Å². The SMILES string of the molecule is COCCCC[C@@]1(O)c2c(ccc(F)c2-c2cccc(C3CC3)c2)[C@@]12CN(C(=O)[C@H]1C[C@@H](N)[C@@H](O)C1)CCO2. The van der Waals surface area contributed by atoms with Crippen molar-refractivity contribution in [3.8, 4) is 11.1 Å². The third kappa shape index (κ3) is 4.41. The molecule has 3 fully saturated rings. The number of nitrogens with zero attached hydrogens (tertiary/aromatic N) is 1. The number of amides is 1. The molecule has 1 heterocycles. The molecule has 2 saturated carbocycles. The van der Waals surface area contributed by atoms with Crippen molar-refractivity contribution in [3.63, 3.8) is 0 Å². The smallest absolute Gasteiger partial charge is 0.226 e. The van der Waals surface area contributed by atoms with E-state index in [0.717, 1.165) is 30.4 Å². The highest BCUT2D eigenvalue weighted by Gasteiger charge is 2.66. The molecular formula is C31H39FN2O5. The Labute approximate surface area is 229 Å². The fourth-order valence-corrected chi connectivity index (χ4v) is 7.14. The quantitative estimate of drug-likeness (QED) is 0.444. The minimum absolute atomic E-state index is 0.0701. The number of methoxy groups -OCH3 is 1. The number of ether oxygens (including phenoxy) is 2. The molecule has 1 saturated heterocycles. The zero-order valence-electron chi connectivity index (χ0n) is 22.6. The van der Waals surface area contributed by atoms with E-state index in [1.54, 1.807) is 18.1 Å². The number of unbranched alkanes of at least 4 members (excludes halogenated alkanes) is 1. The van der Waals surface area contributed by atoms with Gasteiger partial charge in [-0.3, -0.25) is 4.79 Å². The van der Waals surface area contributed by atoms with Crippen LogP contribution in [0.4, 0.5) is 4.39 Å². The summed E-state index contributed by atoms with van der Waals surface area (Å²) in [7, 11) is 1.65. The molecule has 6 rings (SSSR count). The second kappa shape index (κ2) is 10.2. The van der Waals surface area contributed by atoms with E-state index in [1.165, 1.54) is 11.6 Å². The summed E-state index contributed by atoms with van der Waals surface area (Å²) in [4.78, 5) is 15.3. The Bertz CT molecular complexity index is 1240. The third-order valence-corrected chi connectivity index (χ3v) is 9.39. The molecule has 7 nitrogen and oxygen atoms in total. The Morgan fingerprint density at radius 1 is 1.23 bits per heavy atom. The lowest BCUT2D eigenvalue weighted by molar-refractivity contribution is -0.256. The van der Waals surface area contributed by atoms with Crippen LogP contribution >= 0.6 is 0 Å². The molecule has 2 aromatic rings. The lowest BCUT2D eigenvalue weighted by atomic mass is 9.56. The summed E-state index contributed by atoms with van der Waals surface area (Å²) in [6.07, 6.45) is 4.14. The van der Waals surface area contributed by atoms with Gasteiger partial charge < -0.3 is 30.3 Å². The molecule has 2 aromatic carbocycles. The number of nitrogens with two attached hydrogens (primary N) is 1. The highest BCUT2D eigenvalue weighted by molar-refractivity contribution is 5.81. The first-order chi connectivity index (χ1) is 18.8. The average molecular weight is 539 g/mol. The molecule has 39 heavy (non-hydrogen) atoms. The Morgan fingerprint density at radius 2 is 2.05 bits per heavy atom. The van der Waals surface area contributed by atoms with E-state index in [2.05, 4.69) is 12.1 Å². The van der Waals surface area contributed by atoms with E-state index in [0.29, 0.717) is 55.9 Å². The van der Waals surface area contributed by atoms with Crippen LogP contribution in [-0.4, -0.2) is 66.6 Å². The van der Waals surface area contributed by atoms with Crippen LogP contribution in [0.25, 0.3) is 11.1 Å². The van der Waals surface area contributed by atoms with Crippen LogP contribution in [0.1, 0.15) is 67.6 Å². The van der Waals surface area contributed by atoms with Crippen molar-refractivity contribution in [2.24, 2.45) is 11.7 Å². The fourth-order valence-electron chi connectivity index (χ4n) is 7.14. The molecule has 0 radical (unpaired) electrons. The number of aliphatic hydroxyl groups is 2. The first kappa shape index (κ1) is 26.8. The van der Waals surface area contributed by atoms with Gasteiger partial charge in [0.2, 0.25) is 5.91 Å². The molecule has 0 aromatic heterocycles. The van der Waals surface area contributed by atoms with Crippen LogP contribution in [0.5, 0.6) is 0 Å². The summed E-state index contributed by atoms with van der Waals surface area (Å²) in [5, 5.41) is 22.7. The molecule has 4 N–H and O–H groups in total. The number of carbonyl (C=O) groups excluding carboxylic acids is 1. The lowest BCUT2D eigenvalue weighted by Gasteiger charge is -2.60. The third-order valence-electron chi connectivity index (χ3n) is 9.39. The van der Waals surface area contributed by atoms with E-state index < -0.39 is 23.3 Å². The first-order valence-electron chi connectivity index (χ1n) is 14.3. The number of hydrogen-bond donors (Lipinski definition) is 3. The lowest BCUT2D eigenvalue weighted by Crippen LogP contribution is -2.68. The molecule has 0 bridgehead atoms. The number of carbonyl (C=O) groups is 1. The summed E-state index contributed by atoms with van der Waals surface area (Å²) < 4.78 is 27.3. The van der Waals surface area contributed by atoms with Crippen LogP contribution in [0, 0.1) is 11.7 Å². The van der Waals surface area contributed by atoms with E-state index >= 15 is 4.39 Å². The Kier molecular flexibility index (Phi) is 7.04. The zero-order valence-corrected chi connectivity index (χ0v) is 22.6. The fraction of sp³-hybridized carbons (Fsp3) is 0.581. The molecule has 5 atom stereocenters. The van der Waals surface area contributed by atoms with Gasteiger partial charge in [-0.1, -0.05) is 30.3 Å². The van der Waals surface area contributed by atoms with Crippen LogP contribution < -0.4 is 5.73 Å². The maximum absolute atomic E-state index is 15.7. The van der Waals surface area contributed by atoms with E-state index in [9.17, 15) is 15.0 Å². The standard InChI is InChI=1S/C31H39FN2O5/c1-38-13-3-2-11-30(37)28-23(9-10-24(32)27(28)21-6-4-5-20(15-21)19-7-8-19)31(30)18-34(12-14-39-31)29(36)22-16-25(33)26(35)17-22/h4-6,9-10,15,19,22,25-26,35,37H,2-3,7-8,11-14,16-18,33H2,1H3/t22-,25+,26-,30+,31-/m0/s1. The van der Waals surface area contributed by atoms with E-state index in [-0.39, 0.29) is 30.8 Å². The predicted octanol–water partition coefficient (Wildman–Crippen LogP) is 3.54. The maximum Gasteiger partial charge on any atom is 0.226 e. The van der Waals surface area contributed by atoms with Gasteiger partial charge >= 0.3 is 0 Å². The van der Waals surface area contributed by atoms with E-state index in [1.807, 2.05) is 12.1 Å². The van der Waals surface area contributed by atoms with Gasteiger partial charge in [0, 0.05) is 43.3 Å². The molecule has 210 valence electrons. The van der Waals surface area contributed by atoms with Crippen LogP contribution in [0.15, 0.2) is 36.4 Å². The van der Waals surface area contributed by atoms with Crippen LogP contribution in [0.2, 0.25) is 0 Å². The molecule has 8 heteroatoms. The molecule has 3 aliphatic carbocycles. The molecule has 1 amide bonds. The number of hydrogen-bond acceptors (Lipinski definition) is 6. The monoisotopic (exact) mass is 538 g/mol. The number of aliphatic hydroxyl groups excluding tert-OH is 1. The summed E-state index contributed by atoms with van der Waals surface area (Å²) in [5.74, 6) is -0.275. The van der Waals surface area contributed by atoms with Crippen molar-refractivity contribution < 1.29 is 28.9 Å². The highest BCUT2D eigenvalue weighted by atomic mass is 19.1. The summed E-state index contributed by atoms with van der Waals surface area (Å²) >= 11 is 0. The summed E-state index contributed by atoms with van der Waals surface area (Å²) in [6, 6.07) is 10.8. The van der Waals surface area contributed by atoms with Crippen LogP contribution in [0.3, 0.4) is 0 Å². The molecule has 1 spiro atoms. The maximum atomic E-state index is 15.7. The average Bonchev–Trinajstić information content (AvgIpc) is 3.75. The van der Waals surface area contributed by atoms with Crippen molar-refractivity contribution in [3.05, 3.63) is 58.9 Å². The van der Waals surface area contributed by atoms with Gasteiger partial charge in [-0.2, -0.15) is 0 Å². The molecular weight excluding hydrogens is 499 g/mol. The number of rotatable bonds is 8. The van der Waals surface area contributed by atoms with Crippen molar-refractivity contribution in [2.45, 2.75) is 74.2 Å². The Hall–Kier alpha value is -2.36. The first-order valence-corrected chi connectivity index (χ1v) is 14.3. The van der Waals surface area contributed by atoms with Gasteiger partial charge in [-0.15, -0.1) is 0 Å². The molecule has 0 unspecified atom stereocenters. The van der Waals surface area contributed by atoms with Crippen LogP contribution in [-0.2, 0) is 25.5 Å². The number of benzene rings is 2. The van der Waals surface area contributed by atoms with Gasteiger partial charge in [0.15, 0.2) is 0 Å². The largest absolute Gasteiger partial charge is 0.391 e. The highest BCUT2D eigenvalue weighted by Crippen LogP contribution is 2.62. The molecule has 1 aliphatic heterocycles. The Morgan fingerprint density at radius 3 is 2.77 bits per heavy atom. The second-order valence-corrected chi connectivity index (χ2v) is 11.9. The normalized spacial score (nSPS) is 31.8. The zero-order chi connectivity index (χ0) is 27.4. The van der Waals surface area contributed by atoms with Gasteiger partial charge in [0.05, 0.1) is 19.3 Å². The van der Waals surface area contributed by atoms with Gasteiger partial charge in [0.1, 0.15) is 17.0 Å². The summed E-state index contributed by atoms with van der Waals surface area (Å²) in [6.45, 7) is 1.39. The second-order valence-electron chi connectivity index (χ2n) is 11.9. The van der Waals surface area contributed by atoms with Crippen molar-refractivity contribution >= 4 is 5.91 Å². The van der Waals surface area contributed by atoms with Crippen molar-refractivity contribution in [1.82, 2.24) is 4.90 Å². The van der Waals surface area contributed by atoms with Crippen molar-refractivity contribution in [2.75, 3.05) is 33.4 Å². The number of fused-ring (bicyclic) bond motifs is 2. The van der Waals surface area contributed by atoms with E-state index in [4.69, 9.17) is 15.2 Å². The Balaban J connectivity index is 1.39. The van der Waals surface area contributed by atoms with Gasteiger partial charge in [-0.05, 0) is 73.6 Å². The number of halogens is 1. The van der Waals surface area contributed by atoms with Gasteiger partial charge in [-0.25, -0.2) is 4.39 Å². The topological polar surface area (TPSA) is 105 Å². The number of morpholine rings is 1. The predicted molar refractivity (Wildman–Crippen MR) is 144 cm³/mol. The van der Waals surface area contributed by atoms with Crippen molar-refractivity contribution in [1.29, 1.82) is 0 Å². The minimum Gasteiger partial charge on any atom is -0.391 e. The summed E-state index contributed by atoms with van der Waals surface area (Å²) in [5.41, 5.74) is 7.06.